The Kier molecular flexibility index (Phi) is 4.62. The summed E-state index contributed by atoms with van der Waals surface area (Å²) in [7, 11) is 0. The van der Waals surface area contributed by atoms with E-state index >= 15 is 0 Å². The Bertz CT molecular complexity index is 859. The van der Waals surface area contributed by atoms with Crippen LogP contribution >= 0.6 is 11.6 Å². The van der Waals surface area contributed by atoms with E-state index in [9.17, 15) is 4.79 Å². The smallest absolute Gasteiger partial charge is 0.252 e. The Morgan fingerprint density at radius 3 is 2.58 bits per heavy atom. The average Bonchev–Trinajstić information content (AvgIpc) is 3.06. The number of carbonyl (C=O) groups is 1. The Hall–Kier alpha value is -2.66. The van der Waals surface area contributed by atoms with Crippen LogP contribution in [0.5, 0.6) is 0 Å². The first-order valence-corrected chi connectivity index (χ1v) is 7.88. The fourth-order valence-corrected chi connectivity index (χ4v) is 2.42. The molecule has 6 heteroatoms. The predicted molar refractivity (Wildman–Crippen MR) is 91.8 cm³/mol. The molecule has 1 atom stereocenters. The van der Waals surface area contributed by atoms with E-state index in [4.69, 9.17) is 16.1 Å². The number of aryl methyl sites for hydroxylation is 1. The van der Waals surface area contributed by atoms with Crippen molar-refractivity contribution in [2.75, 3.05) is 0 Å². The molecule has 0 radical (unpaired) electrons. The molecule has 2 aromatic carbocycles. The van der Waals surface area contributed by atoms with E-state index in [-0.39, 0.29) is 5.91 Å². The lowest BCUT2D eigenvalue weighted by atomic mass is 10.1. The molecule has 0 aliphatic heterocycles. The number of benzene rings is 2. The molecular formula is C18H16ClN3O2. The highest BCUT2D eigenvalue weighted by molar-refractivity contribution is 6.30. The van der Waals surface area contributed by atoms with Gasteiger partial charge in [0.25, 0.3) is 5.91 Å². The second kappa shape index (κ2) is 6.84. The lowest BCUT2D eigenvalue weighted by Gasteiger charge is -2.11. The fraction of sp³-hybridized carbons (Fsp3) is 0.167. The van der Waals surface area contributed by atoms with Crippen LogP contribution in [0, 0.1) is 6.92 Å². The van der Waals surface area contributed by atoms with E-state index in [2.05, 4.69) is 15.5 Å². The van der Waals surface area contributed by atoms with Crippen molar-refractivity contribution in [3.8, 4) is 11.4 Å². The second-order valence-corrected chi connectivity index (χ2v) is 5.91. The molecule has 1 heterocycles. The summed E-state index contributed by atoms with van der Waals surface area (Å²) in [6.07, 6.45) is 0. The molecule has 24 heavy (non-hydrogen) atoms. The SMILES string of the molecule is Cc1ccccc1C(=O)N[C@@H](C)c1nc(-c2ccc(Cl)cc2)no1. The van der Waals surface area contributed by atoms with E-state index < -0.39 is 6.04 Å². The topological polar surface area (TPSA) is 68.0 Å². The van der Waals surface area contributed by atoms with Crippen LogP contribution in [-0.2, 0) is 0 Å². The number of nitrogens with one attached hydrogen (secondary N) is 1. The first-order chi connectivity index (χ1) is 11.5. The van der Waals surface area contributed by atoms with Crippen molar-refractivity contribution < 1.29 is 9.32 Å². The number of hydrogen-bond donors (Lipinski definition) is 1. The third-order valence-electron chi connectivity index (χ3n) is 3.65. The maximum atomic E-state index is 12.3. The first-order valence-electron chi connectivity index (χ1n) is 7.50. The van der Waals surface area contributed by atoms with Crippen LogP contribution in [0.2, 0.25) is 5.02 Å². The van der Waals surface area contributed by atoms with Gasteiger partial charge in [0.1, 0.15) is 6.04 Å². The van der Waals surface area contributed by atoms with Crippen molar-refractivity contribution in [3.63, 3.8) is 0 Å². The van der Waals surface area contributed by atoms with Crippen LogP contribution in [0.3, 0.4) is 0 Å². The van der Waals surface area contributed by atoms with E-state index in [0.717, 1.165) is 11.1 Å². The van der Waals surface area contributed by atoms with Crippen molar-refractivity contribution in [3.05, 3.63) is 70.6 Å². The Morgan fingerprint density at radius 1 is 1.17 bits per heavy atom. The molecule has 0 bridgehead atoms. The molecule has 3 aromatic rings. The average molecular weight is 342 g/mol. The van der Waals surface area contributed by atoms with Crippen LogP contribution in [0.1, 0.15) is 34.8 Å². The molecule has 3 rings (SSSR count). The number of aromatic nitrogens is 2. The molecule has 122 valence electrons. The highest BCUT2D eigenvalue weighted by Crippen LogP contribution is 2.21. The van der Waals surface area contributed by atoms with Gasteiger partial charge >= 0.3 is 0 Å². The molecule has 1 N–H and O–H groups in total. The van der Waals surface area contributed by atoms with Gasteiger partial charge in [-0.2, -0.15) is 4.98 Å². The summed E-state index contributed by atoms with van der Waals surface area (Å²) in [5.74, 6) is 0.632. The minimum Gasteiger partial charge on any atom is -0.341 e. The molecule has 1 amide bonds. The number of hydrogen-bond acceptors (Lipinski definition) is 4. The van der Waals surface area contributed by atoms with E-state index in [1.54, 1.807) is 25.1 Å². The van der Waals surface area contributed by atoms with E-state index in [1.165, 1.54) is 0 Å². The third kappa shape index (κ3) is 3.46. The lowest BCUT2D eigenvalue weighted by Crippen LogP contribution is -2.27. The van der Waals surface area contributed by atoms with Crippen molar-refractivity contribution in [1.82, 2.24) is 15.5 Å². The fourth-order valence-electron chi connectivity index (χ4n) is 2.29. The summed E-state index contributed by atoms with van der Waals surface area (Å²) in [6.45, 7) is 3.69. The maximum absolute atomic E-state index is 12.3. The molecular weight excluding hydrogens is 326 g/mol. The van der Waals surface area contributed by atoms with Gasteiger partial charge in [-0.1, -0.05) is 35.0 Å². The zero-order valence-electron chi connectivity index (χ0n) is 13.3. The summed E-state index contributed by atoms with van der Waals surface area (Å²) in [6, 6.07) is 14.2. The van der Waals surface area contributed by atoms with Crippen molar-refractivity contribution in [1.29, 1.82) is 0 Å². The second-order valence-electron chi connectivity index (χ2n) is 5.47. The van der Waals surface area contributed by atoms with Crippen molar-refractivity contribution in [2.24, 2.45) is 0 Å². The van der Waals surface area contributed by atoms with Gasteiger partial charge in [0.15, 0.2) is 0 Å². The van der Waals surface area contributed by atoms with E-state index in [1.807, 2.05) is 37.3 Å². The van der Waals surface area contributed by atoms with E-state index in [0.29, 0.717) is 22.3 Å². The largest absolute Gasteiger partial charge is 0.341 e. The number of rotatable bonds is 4. The van der Waals surface area contributed by atoms with Crippen LogP contribution in [-0.4, -0.2) is 16.0 Å². The van der Waals surface area contributed by atoms with Gasteiger partial charge in [-0.15, -0.1) is 0 Å². The molecule has 0 saturated carbocycles. The zero-order chi connectivity index (χ0) is 17.1. The highest BCUT2D eigenvalue weighted by Gasteiger charge is 2.18. The standard InChI is InChI=1S/C18H16ClN3O2/c1-11-5-3-4-6-15(11)17(23)20-12(2)18-21-16(22-24-18)13-7-9-14(19)10-8-13/h3-10,12H,1-2H3,(H,20,23)/t12-/m0/s1. The molecule has 0 saturated heterocycles. The molecule has 0 aliphatic carbocycles. The van der Waals surface area contributed by atoms with Gasteiger partial charge in [-0.3, -0.25) is 4.79 Å². The highest BCUT2D eigenvalue weighted by atomic mass is 35.5. The molecule has 1 aromatic heterocycles. The molecule has 5 nitrogen and oxygen atoms in total. The van der Waals surface area contributed by atoms with Crippen LogP contribution < -0.4 is 5.32 Å². The minimum absolute atomic E-state index is 0.174. The zero-order valence-corrected chi connectivity index (χ0v) is 14.0. The van der Waals surface area contributed by atoms with Gasteiger partial charge in [0, 0.05) is 16.1 Å². The predicted octanol–water partition coefficient (Wildman–Crippen LogP) is 4.19. The summed E-state index contributed by atoms with van der Waals surface area (Å²) in [5.41, 5.74) is 2.34. The Morgan fingerprint density at radius 2 is 1.88 bits per heavy atom. The Labute approximate surface area is 144 Å². The molecule has 0 aliphatic rings. The summed E-state index contributed by atoms with van der Waals surface area (Å²) >= 11 is 5.87. The monoisotopic (exact) mass is 341 g/mol. The first kappa shape index (κ1) is 16.2. The summed E-state index contributed by atoms with van der Waals surface area (Å²) in [5, 5.41) is 7.47. The number of carbonyl (C=O) groups excluding carboxylic acids is 1. The molecule has 0 unspecified atom stereocenters. The van der Waals surface area contributed by atoms with Crippen LogP contribution in [0.15, 0.2) is 53.1 Å². The maximum Gasteiger partial charge on any atom is 0.252 e. The Balaban J connectivity index is 1.74. The number of amides is 1. The quantitative estimate of drug-likeness (QED) is 0.772. The molecule has 0 fully saturated rings. The van der Waals surface area contributed by atoms with Crippen molar-refractivity contribution in [2.45, 2.75) is 19.9 Å². The van der Waals surface area contributed by atoms with Gasteiger partial charge in [0.2, 0.25) is 11.7 Å². The minimum atomic E-state index is -0.398. The summed E-state index contributed by atoms with van der Waals surface area (Å²) < 4.78 is 5.27. The normalized spacial score (nSPS) is 12.0. The molecule has 0 spiro atoms. The van der Waals surface area contributed by atoms with Crippen LogP contribution in [0.4, 0.5) is 0 Å². The van der Waals surface area contributed by atoms with Gasteiger partial charge in [0.05, 0.1) is 0 Å². The van der Waals surface area contributed by atoms with Gasteiger partial charge in [-0.25, -0.2) is 0 Å². The number of halogens is 1. The summed E-state index contributed by atoms with van der Waals surface area (Å²) in [4.78, 5) is 16.7. The van der Waals surface area contributed by atoms with Crippen LogP contribution in [0.25, 0.3) is 11.4 Å². The lowest BCUT2D eigenvalue weighted by molar-refractivity contribution is 0.0932. The van der Waals surface area contributed by atoms with Gasteiger partial charge in [-0.05, 0) is 49.7 Å². The van der Waals surface area contributed by atoms with Gasteiger partial charge < -0.3 is 9.84 Å². The number of nitrogens with zero attached hydrogens (tertiary/aromatic N) is 2. The third-order valence-corrected chi connectivity index (χ3v) is 3.90. The van der Waals surface area contributed by atoms with Crippen molar-refractivity contribution >= 4 is 17.5 Å².